The van der Waals surface area contributed by atoms with Crippen LogP contribution in [-0.2, 0) is 0 Å². The van der Waals surface area contributed by atoms with Gasteiger partial charge in [0.15, 0.2) is 0 Å². The fourth-order valence-electron chi connectivity index (χ4n) is 2.30. The second kappa shape index (κ2) is 5.62. The highest BCUT2D eigenvalue weighted by Gasteiger charge is 2.26. The molecule has 0 bridgehead atoms. The summed E-state index contributed by atoms with van der Waals surface area (Å²) in [4.78, 5) is 0. The topological polar surface area (TPSA) is 24.1 Å². The number of hydrogen-bond donors (Lipinski definition) is 2. The van der Waals surface area contributed by atoms with Crippen LogP contribution in [0.5, 0.6) is 0 Å². The first-order chi connectivity index (χ1) is 8.95. The maximum Gasteiger partial charge on any atom is 0.0700 e. The Kier molecular flexibility index (Phi) is 3.70. The number of rotatable bonds is 2. The maximum absolute atomic E-state index is 3.69. The zero-order chi connectivity index (χ0) is 12.2. The minimum Gasteiger partial charge on any atom is -0.304 e. The Balaban J connectivity index is 1.92. The van der Waals surface area contributed by atoms with E-state index in [1.807, 2.05) is 0 Å². The summed E-state index contributed by atoms with van der Waals surface area (Å²) in [5.74, 6) is 0.414. The Morgan fingerprint density at radius 3 is 2.22 bits per heavy atom. The molecule has 0 aliphatic carbocycles. The molecule has 2 atom stereocenters. The van der Waals surface area contributed by atoms with Crippen molar-refractivity contribution in [1.29, 1.82) is 0 Å². The van der Waals surface area contributed by atoms with E-state index in [9.17, 15) is 0 Å². The lowest BCUT2D eigenvalue weighted by molar-refractivity contribution is 0.623. The number of hydrogen-bond acceptors (Lipinski definition) is 2. The molecule has 1 aliphatic heterocycles. The molecule has 92 valence electrons. The van der Waals surface area contributed by atoms with Crippen molar-refractivity contribution in [2.75, 3.05) is 13.1 Å². The highest BCUT2D eigenvalue weighted by atomic mass is 31.1. The first kappa shape index (κ1) is 11.9. The maximum atomic E-state index is 3.69. The van der Waals surface area contributed by atoms with Crippen LogP contribution in [0.15, 0.2) is 60.7 Å². The van der Waals surface area contributed by atoms with Gasteiger partial charge in [0.1, 0.15) is 0 Å². The van der Waals surface area contributed by atoms with E-state index in [1.54, 1.807) is 0 Å². The van der Waals surface area contributed by atoms with Gasteiger partial charge in [0.05, 0.1) is 5.78 Å². The summed E-state index contributed by atoms with van der Waals surface area (Å²) in [5, 5.41) is 8.75. The van der Waals surface area contributed by atoms with E-state index in [4.69, 9.17) is 0 Å². The van der Waals surface area contributed by atoms with Crippen molar-refractivity contribution in [3.63, 3.8) is 0 Å². The molecule has 1 aliphatic rings. The van der Waals surface area contributed by atoms with Crippen LogP contribution in [0.2, 0.25) is 0 Å². The molecule has 2 unspecified atom stereocenters. The van der Waals surface area contributed by atoms with E-state index in [1.165, 1.54) is 10.9 Å². The molecule has 2 aromatic carbocycles. The Hall–Kier alpha value is -1.21. The van der Waals surface area contributed by atoms with Crippen LogP contribution in [0, 0.1) is 0 Å². The molecule has 2 N–H and O–H groups in total. The molecule has 3 rings (SSSR count). The monoisotopic (exact) mass is 256 g/mol. The van der Waals surface area contributed by atoms with Crippen LogP contribution >= 0.6 is 8.07 Å². The van der Waals surface area contributed by atoms with Crippen LogP contribution in [0.25, 0.3) is 0 Å². The highest BCUT2D eigenvalue weighted by Crippen LogP contribution is 2.46. The first-order valence-electron chi connectivity index (χ1n) is 6.31. The van der Waals surface area contributed by atoms with Gasteiger partial charge in [-0.25, -0.2) is 0 Å². The molecule has 3 heteroatoms. The van der Waals surface area contributed by atoms with E-state index in [-0.39, 0.29) is 8.07 Å². The van der Waals surface area contributed by atoms with Crippen LogP contribution in [0.4, 0.5) is 0 Å². The van der Waals surface area contributed by atoms with Crippen LogP contribution in [0.1, 0.15) is 11.3 Å². The van der Waals surface area contributed by atoms with Crippen LogP contribution in [0.3, 0.4) is 0 Å². The van der Waals surface area contributed by atoms with E-state index in [0.29, 0.717) is 5.78 Å². The van der Waals surface area contributed by atoms with Crippen molar-refractivity contribution < 1.29 is 0 Å². The molecule has 1 heterocycles. The molecule has 2 nitrogen and oxygen atoms in total. The predicted octanol–water partition coefficient (Wildman–Crippen LogP) is 2.60. The second-order valence-corrected chi connectivity index (χ2v) is 6.47. The lowest BCUT2D eigenvalue weighted by Gasteiger charge is -2.34. The van der Waals surface area contributed by atoms with Crippen molar-refractivity contribution in [2.24, 2.45) is 0 Å². The molecule has 0 saturated carbocycles. The molecule has 0 aromatic heterocycles. The summed E-state index contributed by atoms with van der Waals surface area (Å²) in [6, 6.07) is 21.5. The van der Waals surface area contributed by atoms with Crippen molar-refractivity contribution in [3.05, 3.63) is 66.2 Å². The van der Waals surface area contributed by atoms with Gasteiger partial charge in [0.25, 0.3) is 0 Å². The average Bonchev–Trinajstić information content (AvgIpc) is 2.49. The van der Waals surface area contributed by atoms with E-state index < -0.39 is 0 Å². The van der Waals surface area contributed by atoms with Gasteiger partial charge in [-0.1, -0.05) is 60.7 Å². The highest BCUT2D eigenvalue weighted by molar-refractivity contribution is 7.64. The summed E-state index contributed by atoms with van der Waals surface area (Å²) in [5.41, 5.74) is 1.37. The molecule has 0 radical (unpaired) electrons. The first-order valence-corrected chi connectivity index (χ1v) is 7.72. The Morgan fingerprint density at radius 2 is 1.50 bits per heavy atom. The summed E-state index contributed by atoms with van der Waals surface area (Å²) in [6.07, 6.45) is 0. The van der Waals surface area contributed by atoms with Crippen molar-refractivity contribution in [3.8, 4) is 0 Å². The van der Waals surface area contributed by atoms with Gasteiger partial charge in [0, 0.05) is 21.2 Å². The van der Waals surface area contributed by atoms with E-state index in [0.717, 1.165) is 13.1 Å². The van der Waals surface area contributed by atoms with Gasteiger partial charge >= 0.3 is 0 Å². The SMILES string of the molecule is c1ccc(C2NCCNP2c2ccccc2)cc1. The zero-order valence-electron chi connectivity index (χ0n) is 10.2. The molecule has 1 fully saturated rings. The van der Waals surface area contributed by atoms with Gasteiger partial charge in [-0.2, -0.15) is 0 Å². The summed E-state index contributed by atoms with van der Waals surface area (Å²) in [6.45, 7) is 2.08. The minimum absolute atomic E-state index is 0.368. The van der Waals surface area contributed by atoms with Crippen molar-refractivity contribution >= 4 is 13.4 Å². The van der Waals surface area contributed by atoms with Gasteiger partial charge in [-0.05, 0) is 10.9 Å². The summed E-state index contributed by atoms with van der Waals surface area (Å²) >= 11 is 0. The van der Waals surface area contributed by atoms with Crippen LogP contribution in [-0.4, -0.2) is 13.1 Å². The molecular formula is C15H17N2P. The second-order valence-electron chi connectivity index (χ2n) is 4.38. The molecule has 2 aromatic rings. The average molecular weight is 256 g/mol. The van der Waals surface area contributed by atoms with Gasteiger partial charge in [0.2, 0.25) is 0 Å². The summed E-state index contributed by atoms with van der Waals surface area (Å²) in [7, 11) is -0.368. The Labute approximate surface area is 109 Å². The molecule has 0 amide bonds. The molecule has 1 saturated heterocycles. The van der Waals surface area contributed by atoms with Crippen LogP contribution < -0.4 is 15.7 Å². The molecular weight excluding hydrogens is 239 g/mol. The molecule has 18 heavy (non-hydrogen) atoms. The third-order valence-corrected chi connectivity index (χ3v) is 5.57. The Morgan fingerprint density at radius 1 is 0.833 bits per heavy atom. The predicted molar refractivity (Wildman–Crippen MR) is 78.2 cm³/mol. The lowest BCUT2D eigenvalue weighted by atomic mass is 10.2. The standard InChI is InChI=1S/C15H17N2P/c1-3-7-13(8-4-1)15-16-11-12-17-18(15)14-9-5-2-6-10-14/h1-10,15-17H,11-12H2. The van der Waals surface area contributed by atoms with Gasteiger partial charge in [-0.15, -0.1) is 0 Å². The third-order valence-electron chi connectivity index (χ3n) is 3.15. The van der Waals surface area contributed by atoms with Gasteiger partial charge < -0.3 is 5.32 Å². The quantitative estimate of drug-likeness (QED) is 0.807. The van der Waals surface area contributed by atoms with Crippen molar-refractivity contribution in [2.45, 2.75) is 5.78 Å². The normalized spacial score (nSPS) is 23.8. The van der Waals surface area contributed by atoms with E-state index >= 15 is 0 Å². The fourth-order valence-corrected chi connectivity index (χ4v) is 4.59. The smallest absolute Gasteiger partial charge is 0.0700 e. The largest absolute Gasteiger partial charge is 0.304 e. The van der Waals surface area contributed by atoms with Gasteiger partial charge in [-0.3, -0.25) is 5.09 Å². The number of nitrogens with one attached hydrogen (secondary N) is 2. The summed E-state index contributed by atoms with van der Waals surface area (Å²) < 4.78 is 0. The van der Waals surface area contributed by atoms with Crippen molar-refractivity contribution in [1.82, 2.24) is 10.4 Å². The third kappa shape index (κ3) is 2.46. The number of benzene rings is 2. The van der Waals surface area contributed by atoms with E-state index in [2.05, 4.69) is 71.1 Å². The fraction of sp³-hybridized carbons (Fsp3) is 0.200. The Bertz CT molecular complexity index is 439. The zero-order valence-corrected chi connectivity index (χ0v) is 11.1. The lowest BCUT2D eigenvalue weighted by Crippen LogP contribution is -2.39. The minimum atomic E-state index is -0.368. The molecule has 0 spiro atoms.